The van der Waals surface area contributed by atoms with E-state index in [9.17, 15) is 18.0 Å². The van der Waals surface area contributed by atoms with Crippen LogP contribution < -0.4 is 0 Å². The summed E-state index contributed by atoms with van der Waals surface area (Å²) >= 11 is 0. The maximum Gasteiger partial charge on any atom is 0.416 e. The molecule has 0 N–H and O–H groups in total. The molecule has 3 rings (SSSR count). The van der Waals surface area contributed by atoms with Crippen LogP contribution in [0.2, 0.25) is 0 Å². The van der Waals surface area contributed by atoms with Crippen molar-refractivity contribution in [2.24, 2.45) is 5.92 Å². The number of hydrogen-bond acceptors (Lipinski definition) is 2. The fraction of sp³-hybridized carbons (Fsp3) is 0.474. The van der Waals surface area contributed by atoms with Gasteiger partial charge in [0.05, 0.1) is 12.1 Å². The summed E-state index contributed by atoms with van der Waals surface area (Å²) in [5.74, 6) is 0.533. The molecule has 1 saturated carbocycles. The monoisotopic (exact) mass is 365 g/mol. The number of carbonyl (C=O) groups is 1. The molecule has 1 amide bonds. The Bertz CT molecular complexity index is 778. The summed E-state index contributed by atoms with van der Waals surface area (Å²) in [7, 11) is 0. The third-order valence-electron chi connectivity index (χ3n) is 4.54. The number of benzene rings is 1. The first-order valence-electron chi connectivity index (χ1n) is 8.73. The lowest BCUT2D eigenvalue weighted by atomic mass is 10.1. The number of amides is 1. The molecule has 1 aromatic heterocycles. The Labute approximate surface area is 150 Å². The number of aromatic nitrogens is 2. The summed E-state index contributed by atoms with van der Waals surface area (Å²) in [6, 6.07) is 5.77. The van der Waals surface area contributed by atoms with Crippen molar-refractivity contribution in [1.29, 1.82) is 0 Å². The number of alkyl halides is 3. The molecule has 0 aliphatic heterocycles. The van der Waals surface area contributed by atoms with E-state index in [1.165, 1.54) is 12.1 Å². The third kappa shape index (κ3) is 4.08. The Morgan fingerprint density at radius 2 is 2.00 bits per heavy atom. The predicted octanol–water partition coefficient (Wildman–Crippen LogP) is 4.10. The maximum absolute atomic E-state index is 13.2. The molecule has 2 aromatic rings. The summed E-state index contributed by atoms with van der Waals surface area (Å²) in [5, 5.41) is 0. The van der Waals surface area contributed by atoms with Crippen molar-refractivity contribution < 1.29 is 18.0 Å². The van der Waals surface area contributed by atoms with Crippen LogP contribution in [-0.4, -0.2) is 26.4 Å². The van der Waals surface area contributed by atoms with Crippen molar-refractivity contribution in [2.75, 3.05) is 0 Å². The quantitative estimate of drug-likeness (QED) is 0.773. The molecule has 26 heavy (non-hydrogen) atoms. The molecule has 0 saturated heterocycles. The molecule has 1 aromatic carbocycles. The number of imidazole rings is 1. The maximum atomic E-state index is 13.2. The molecule has 7 heteroatoms. The second-order valence-electron chi connectivity index (χ2n) is 6.98. The highest BCUT2D eigenvalue weighted by Gasteiger charge is 2.35. The van der Waals surface area contributed by atoms with Gasteiger partial charge in [0.2, 0.25) is 5.91 Å². The minimum Gasteiger partial charge on any atom is -0.332 e. The lowest BCUT2D eigenvalue weighted by molar-refractivity contribution is -0.138. The zero-order chi connectivity index (χ0) is 18.9. The molecule has 1 aliphatic rings. The van der Waals surface area contributed by atoms with E-state index in [4.69, 9.17) is 0 Å². The summed E-state index contributed by atoms with van der Waals surface area (Å²) < 4.78 is 41.3. The molecule has 0 bridgehead atoms. The van der Waals surface area contributed by atoms with Gasteiger partial charge in [0.15, 0.2) is 0 Å². The van der Waals surface area contributed by atoms with Crippen molar-refractivity contribution in [2.45, 2.75) is 52.0 Å². The summed E-state index contributed by atoms with van der Waals surface area (Å²) in [5.41, 5.74) is -0.454. The van der Waals surface area contributed by atoms with Crippen molar-refractivity contribution in [1.82, 2.24) is 14.5 Å². The van der Waals surface area contributed by atoms with Gasteiger partial charge in [-0.2, -0.15) is 13.2 Å². The van der Waals surface area contributed by atoms with Gasteiger partial charge < -0.3 is 9.47 Å². The van der Waals surface area contributed by atoms with E-state index in [1.54, 1.807) is 27.9 Å². The number of carbonyl (C=O) groups excluding carboxylic acids is 1. The summed E-state index contributed by atoms with van der Waals surface area (Å²) in [6.45, 7) is 4.09. The zero-order valence-electron chi connectivity index (χ0n) is 14.8. The summed E-state index contributed by atoms with van der Waals surface area (Å²) in [6.07, 6.45) is 0.765. The van der Waals surface area contributed by atoms with Gasteiger partial charge in [0, 0.05) is 30.9 Å². The minimum absolute atomic E-state index is 0.0535. The SMILES string of the molecule is CC(C)C(=O)N(Cc1nccn1Cc1ccccc1C(F)(F)F)C1CC1. The van der Waals surface area contributed by atoms with Crippen LogP contribution in [0, 0.1) is 5.92 Å². The van der Waals surface area contributed by atoms with Gasteiger partial charge in [0.25, 0.3) is 0 Å². The number of halogens is 3. The highest BCUT2D eigenvalue weighted by atomic mass is 19.4. The van der Waals surface area contributed by atoms with Crippen LogP contribution in [0.15, 0.2) is 36.7 Å². The van der Waals surface area contributed by atoms with Crippen LogP contribution >= 0.6 is 0 Å². The van der Waals surface area contributed by atoms with Gasteiger partial charge in [-0.25, -0.2) is 4.98 Å². The number of nitrogens with zero attached hydrogens (tertiary/aromatic N) is 3. The lowest BCUT2D eigenvalue weighted by Gasteiger charge is -2.24. The molecular formula is C19H22F3N3O. The van der Waals surface area contributed by atoms with Gasteiger partial charge in [-0.15, -0.1) is 0 Å². The average molecular weight is 365 g/mol. The van der Waals surface area contributed by atoms with Gasteiger partial charge in [-0.1, -0.05) is 32.0 Å². The molecule has 0 radical (unpaired) electrons. The zero-order valence-corrected chi connectivity index (χ0v) is 14.8. The minimum atomic E-state index is -4.40. The Morgan fingerprint density at radius 3 is 2.62 bits per heavy atom. The van der Waals surface area contributed by atoms with E-state index < -0.39 is 11.7 Å². The lowest BCUT2D eigenvalue weighted by Crippen LogP contribution is -2.36. The second kappa shape index (κ2) is 7.13. The van der Waals surface area contributed by atoms with Crippen LogP contribution in [0.5, 0.6) is 0 Å². The van der Waals surface area contributed by atoms with Gasteiger partial charge >= 0.3 is 6.18 Å². The highest BCUT2D eigenvalue weighted by molar-refractivity contribution is 5.78. The molecule has 1 aliphatic carbocycles. The molecular weight excluding hydrogens is 343 g/mol. The molecule has 4 nitrogen and oxygen atoms in total. The van der Waals surface area contributed by atoms with Gasteiger partial charge in [-0.3, -0.25) is 4.79 Å². The van der Waals surface area contributed by atoms with E-state index in [1.807, 2.05) is 13.8 Å². The summed E-state index contributed by atoms with van der Waals surface area (Å²) in [4.78, 5) is 18.5. The molecule has 0 spiro atoms. The van der Waals surface area contributed by atoms with Gasteiger partial charge in [-0.05, 0) is 24.5 Å². The fourth-order valence-corrected chi connectivity index (χ4v) is 3.01. The first-order valence-corrected chi connectivity index (χ1v) is 8.73. The van der Waals surface area contributed by atoms with E-state index in [2.05, 4.69) is 4.98 Å². The molecule has 0 unspecified atom stereocenters. The van der Waals surface area contributed by atoms with Crippen LogP contribution in [-0.2, 0) is 24.1 Å². The normalized spacial score (nSPS) is 14.7. The fourth-order valence-electron chi connectivity index (χ4n) is 3.01. The third-order valence-corrected chi connectivity index (χ3v) is 4.54. The first kappa shape index (κ1) is 18.5. The van der Waals surface area contributed by atoms with E-state index in [0.717, 1.165) is 18.9 Å². The molecule has 1 fully saturated rings. The number of hydrogen-bond donors (Lipinski definition) is 0. The van der Waals surface area contributed by atoms with Crippen LogP contribution in [0.3, 0.4) is 0 Å². The first-order chi connectivity index (χ1) is 12.3. The molecule has 1 heterocycles. The Balaban J connectivity index is 1.83. The largest absolute Gasteiger partial charge is 0.416 e. The van der Waals surface area contributed by atoms with E-state index in [0.29, 0.717) is 12.4 Å². The van der Waals surface area contributed by atoms with E-state index in [-0.39, 0.29) is 30.0 Å². The van der Waals surface area contributed by atoms with Gasteiger partial charge in [0.1, 0.15) is 5.82 Å². The van der Waals surface area contributed by atoms with Crippen LogP contribution in [0.4, 0.5) is 13.2 Å². The van der Waals surface area contributed by atoms with Crippen LogP contribution in [0.25, 0.3) is 0 Å². The number of rotatable bonds is 6. The van der Waals surface area contributed by atoms with Crippen molar-refractivity contribution in [3.05, 3.63) is 53.6 Å². The molecule has 140 valence electrons. The standard InChI is InChI=1S/C19H22F3N3O/c1-13(2)18(26)25(15-7-8-15)12-17-23-9-10-24(17)11-14-5-3-4-6-16(14)19(20,21)22/h3-6,9-10,13,15H,7-8,11-12H2,1-2H3. The Morgan fingerprint density at radius 1 is 1.31 bits per heavy atom. The average Bonchev–Trinajstić information content (AvgIpc) is 3.33. The smallest absolute Gasteiger partial charge is 0.332 e. The van der Waals surface area contributed by atoms with Crippen molar-refractivity contribution in [3.63, 3.8) is 0 Å². The second-order valence-corrected chi connectivity index (χ2v) is 6.98. The Hall–Kier alpha value is -2.31. The highest BCUT2D eigenvalue weighted by Crippen LogP contribution is 2.33. The molecule has 0 atom stereocenters. The predicted molar refractivity (Wildman–Crippen MR) is 91.2 cm³/mol. The van der Waals surface area contributed by atoms with Crippen molar-refractivity contribution >= 4 is 5.91 Å². The van der Waals surface area contributed by atoms with Crippen LogP contribution in [0.1, 0.15) is 43.6 Å². The van der Waals surface area contributed by atoms with Crippen molar-refractivity contribution in [3.8, 4) is 0 Å². The van der Waals surface area contributed by atoms with E-state index >= 15 is 0 Å². The Kier molecular flexibility index (Phi) is 5.07. The topological polar surface area (TPSA) is 38.1 Å².